The number of hydrogen-bond donors (Lipinski definition) is 0. The summed E-state index contributed by atoms with van der Waals surface area (Å²) in [4.78, 5) is 14.6. The molecule has 0 saturated carbocycles. The van der Waals surface area contributed by atoms with Crippen molar-refractivity contribution in [1.29, 1.82) is 0 Å². The highest BCUT2D eigenvalue weighted by atomic mass is 79.9. The molecule has 0 N–H and O–H groups in total. The van der Waals surface area contributed by atoms with Gasteiger partial charge in [0, 0.05) is 43.1 Å². The minimum Gasteiger partial charge on any atom is -0.381 e. The molecule has 0 aromatic carbocycles. The highest BCUT2D eigenvalue weighted by Gasteiger charge is 2.32. The van der Waals surface area contributed by atoms with E-state index in [1.807, 2.05) is 6.20 Å². The topological polar surface area (TPSA) is 47.4 Å². The van der Waals surface area contributed by atoms with E-state index in [4.69, 9.17) is 4.74 Å². The Morgan fingerprint density at radius 3 is 2.62 bits per heavy atom. The van der Waals surface area contributed by atoms with E-state index >= 15 is 0 Å². The molecular weight excluding hydrogens is 334 g/mol. The number of nitrogens with zero attached hydrogens (tertiary/aromatic N) is 3. The second kappa shape index (κ2) is 6.48. The molecule has 1 aromatic heterocycles. The van der Waals surface area contributed by atoms with Crippen molar-refractivity contribution in [3.05, 3.63) is 22.6 Å². The fourth-order valence-electron chi connectivity index (χ4n) is 3.15. The fraction of sp³-hybridized carbons (Fsp3) is 0.733. The molecule has 0 radical (unpaired) electrons. The van der Waals surface area contributed by atoms with Gasteiger partial charge in [-0.25, -0.2) is 4.68 Å². The summed E-state index contributed by atoms with van der Waals surface area (Å²) in [6, 6.07) is 1.74. The number of halogens is 1. The van der Waals surface area contributed by atoms with Crippen LogP contribution in [0, 0.1) is 5.41 Å². The van der Waals surface area contributed by atoms with Gasteiger partial charge in [-0.05, 0) is 25.7 Å². The standard InChI is InChI=1S/C15H22BrN3O2/c16-11-15(3-7-21-8-4-15)12-19-14(20)9-13(10-17-19)18-5-1-2-6-18/h9-10H,1-8,11-12H2. The van der Waals surface area contributed by atoms with Crippen LogP contribution in [0.4, 0.5) is 5.69 Å². The lowest BCUT2D eigenvalue weighted by molar-refractivity contribution is 0.0163. The van der Waals surface area contributed by atoms with Gasteiger partial charge in [0.2, 0.25) is 0 Å². The van der Waals surface area contributed by atoms with E-state index in [0.29, 0.717) is 6.54 Å². The van der Waals surface area contributed by atoms with Crippen LogP contribution in [-0.2, 0) is 11.3 Å². The first-order valence-corrected chi connectivity index (χ1v) is 8.80. The van der Waals surface area contributed by atoms with Gasteiger partial charge >= 0.3 is 0 Å². The molecule has 1 aromatic rings. The minimum atomic E-state index is 0.00576. The smallest absolute Gasteiger partial charge is 0.268 e. The molecule has 2 aliphatic heterocycles. The van der Waals surface area contributed by atoms with Gasteiger partial charge in [0.15, 0.2) is 0 Å². The second-order valence-corrected chi connectivity index (χ2v) is 6.71. The first-order valence-electron chi connectivity index (χ1n) is 7.68. The maximum absolute atomic E-state index is 12.4. The van der Waals surface area contributed by atoms with Crippen LogP contribution in [0.1, 0.15) is 25.7 Å². The lowest BCUT2D eigenvalue weighted by atomic mass is 9.82. The van der Waals surface area contributed by atoms with Crippen LogP contribution in [0.5, 0.6) is 0 Å². The maximum atomic E-state index is 12.4. The Kier molecular flexibility index (Phi) is 4.64. The molecular formula is C15H22BrN3O2. The monoisotopic (exact) mass is 355 g/mol. The van der Waals surface area contributed by atoms with Crippen molar-refractivity contribution in [2.75, 3.05) is 36.5 Å². The average molecular weight is 356 g/mol. The molecule has 116 valence electrons. The molecule has 6 heteroatoms. The molecule has 2 aliphatic rings. The number of anilines is 1. The number of alkyl halides is 1. The highest BCUT2D eigenvalue weighted by Crippen LogP contribution is 2.33. The molecule has 0 spiro atoms. The molecule has 0 amide bonds. The molecule has 2 saturated heterocycles. The third kappa shape index (κ3) is 3.31. The Labute approximate surface area is 133 Å². The van der Waals surface area contributed by atoms with Crippen LogP contribution < -0.4 is 10.5 Å². The number of aromatic nitrogens is 2. The highest BCUT2D eigenvalue weighted by molar-refractivity contribution is 9.09. The predicted molar refractivity (Wildman–Crippen MR) is 86.2 cm³/mol. The van der Waals surface area contributed by atoms with E-state index in [0.717, 1.165) is 50.2 Å². The summed E-state index contributed by atoms with van der Waals surface area (Å²) in [6.45, 7) is 4.28. The molecule has 3 heterocycles. The summed E-state index contributed by atoms with van der Waals surface area (Å²) in [7, 11) is 0. The predicted octanol–water partition coefficient (Wildman–Crippen LogP) is 2.04. The normalized spacial score (nSPS) is 21.7. The van der Waals surface area contributed by atoms with Gasteiger partial charge in [-0.1, -0.05) is 15.9 Å². The summed E-state index contributed by atoms with van der Waals surface area (Å²) in [6.07, 6.45) is 6.19. The molecule has 0 atom stereocenters. The third-order valence-electron chi connectivity index (χ3n) is 4.65. The van der Waals surface area contributed by atoms with Crippen LogP contribution >= 0.6 is 15.9 Å². The molecule has 21 heavy (non-hydrogen) atoms. The largest absolute Gasteiger partial charge is 0.381 e. The van der Waals surface area contributed by atoms with Gasteiger partial charge in [0.1, 0.15) is 0 Å². The Morgan fingerprint density at radius 1 is 1.29 bits per heavy atom. The van der Waals surface area contributed by atoms with Crippen LogP contribution in [0.25, 0.3) is 0 Å². The van der Waals surface area contributed by atoms with E-state index in [1.165, 1.54) is 12.8 Å². The third-order valence-corrected chi connectivity index (χ3v) is 5.84. The lowest BCUT2D eigenvalue weighted by Gasteiger charge is -2.35. The summed E-state index contributed by atoms with van der Waals surface area (Å²) < 4.78 is 7.06. The molecule has 0 unspecified atom stereocenters. The summed E-state index contributed by atoms with van der Waals surface area (Å²) in [5.74, 6) is 0. The van der Waals surface area contributed by atoms with E-state index in [-0.39, 0.29) is 11.0 Å². The maximum Gasteiger partial charge on any atom is 0.268 e. The fourth-order valence-corrected chi connectivity index (χ4v) is 3.89. The SMILES string of the molecule is O=c1cc(N2CCCC2)cnn1CC1(CBr)CCOCC1. The lowest BCUT2D eigenvalue weighted by Crippen LogP contribution is -2.39. The Balaban J connectivity index is 1.77. The molecule has 5 nitrogen and oxygen atoms in total. The molecule has 0 bridgehead atoms. The second-order valence-electron chi connectivity index (χ2n) is 6.15. The Morgan fingerprint density at radius 2 is 2.00 bits per heavy atom. The Bertz CT molecular complexity index is 534. The van der Waals surface area contributed by atoms with Crippen molar-refractivity contribution >= 4 is 21.6 Å². The molecule has 2 fully saturated rings. The van der Waals surface area contributed by atoms with Crippen molar-refractivity contribution in [3.8, 4) is 0 Å². The van der Waals surface area contributed by atoms with E-state index < -0.39 is 0 Å². The number of rotatable bonds is 4. The molecule has 3 rings (SSSR count). The quantitative estimate of drug-likeness (QED) is 0.775. The van der Waals surface area contributed by atoms with Gasteiger partial charge in [0.05, 0.1) is 18.4 Å². The first kappa shape index (κ1) is 15.0. The van der Waals surface area contributed by atoms with Crippen molar-refractivity contribution in [2.45, 2.75) is 32.2 Å². The van der Waals surface area contributed by atoms with Crippen LogP contribution in [0.2, 0.25) is 0 Å². The molecule has 0 aliphatic carbocycles. The van der Waals surface area contributed by atoms with Gasteiger partial charge < -0.3 is 9.64 Å². The van der Waals surface area contributed by atoms with Crippen molar-refractivity contribution in [2.24, 2.45) is 5.41 Å². The van der Waals surface area contributed by atoms with E-state index in [2.05, 4.69) is 25.9 Å². The minimum absolute atomic E-state index is 0.00576. The van der Waals surface area contributed by atoms with Crippen molar-refractivity contribution in [3.63, 3.8) is 0 Å². The number of ether oxygens (including phenoxy) is 1. The van der Waals surface area contributed by atoms with Crippen molar-refractivity contribution in [1.82, 2.24) is 9.78 Å². The average Bonchev–Trinajstić information content (AvgIpc) is 3.05. The van der Waals surface area contributed by atoms with Crippen molar-refractivity contribution < 1.29 is 4.74 Å². The zero-order valence-electron chi connectivity index (χ0n) is 12.3. The van der Waals surface area contributed by atoms with E-state index in [1.54, 1.807) is 10.7 Å². The Hall–Kier alpha value is -0.880. The zero-order valence-corrected chi connectivity index (χ0v) is 13.8. The van der Waals surface area contributed by atoms with E-state index in [9.17, 15) is 4.79 Å². The van der Waals surface area contributed by atoms with Gasteiger partial charge in [-0.15, -0.1) is 0 Å². The van der Waals surface area contributed by atoms with Crippen LogP contribution in [-0.4, -0.2) is 41.4 Å². The summed E-state index contributed by atoms with van der Waals surface area (Å²) >= 11 is 3.61. The first-order chi connectivity index (χ1) is 10.2. The number of hydrogen-bond acceptors (Lipinski definition) is 4. The van der Waals surface area contributed by atoms with Crippen LogP contribution in [0.3, 0.4) is 0 Å². The van der Waals surface area contributed by atoms with Gasteiger partial charge in [-0.3, -0.25) is 4.79 Å². The summed E-state index contributed by atoms with van der Waals surface area (Å²) in [5, 5.41) is 5.29. The zero-order chi connectivity index (χ0) is 14.7. The van der Waals surface area contributed by atoms with Gasteiger partial charge in [0.25, 0.3) is 5.56 Å². The summed E-state index contributed by atoms with van der Waals surface area (Å²) in [5.41, 5.74) is 1.06. The van der Waals surface area contributed by atoms with Crippen LogP contribution in [0.15, 0.2) is 17.1 Å². The van der Waals surface area contributed by atoms with Gasteiger partial charge in [-0.2, -0.15) is 5.10 Å².